The molecule has 0 saturated carbocycles. The van der Waals surface area contributed by atoms with E-state index in [1.54, 1.807) is 16.7 Å². The van der Waals surface area contributed by atoms with Crippen LogP contribution in [-0.2, 0) is 10.0 Å². The van der Waals surface area contributed by atoms with E-state index >= 15 is 0 Å². The third-order valence-electron chi connectivity index (χ3n) is 5.57. The van der Waals surface area contributed by atoms with Crippen molar-refractivity contribution in [2.24, 2.45) is 0 Å². The van der Waals surface area contributed by atoms with Gasteiger partial charge in [0, 0.05) is 36.2 Å². The van der Waals surface area contributed by atoms with Crippen molar-refractivity contribution in [2.45, 2.75) is 37.1 Å². The molecule has 1 aliphatic rings. The average Bonchev–Trinajstić information content (AvgIpc) is 3.30. The SMILES string of the molecule is CC1CCCCN1S(=O)(=O)c1ccc(C(=O)Nc2cc(-n3cccc3)ccc2F)cc1. The quantitative estimate of drug-likeness (QED) is 0.637. The number of hydrogen-bond donors (Lipinski definition) is 1. The maximum absolute atomic E-state index is 14.2. The summed E-state index contributed by atoms with van der Waals surface area (Å²) in [6, 6.07) is 13.9. The van der Waals surface area contributed by atoms with Gasteiger partial charge in [-0.05, 0) is 74.4 Å². The van der Waals surface area contributed by atoms with Crippen molar-refractivity contribution in [1.29, 1.82) is 0 Å². The number of halogens is 1. The highest BCUT2D eigenvalue weighted by Crippen LogP contribution is 2.26. The Hall–Kier alpha value is -2.97. The average molecular weight is 442 g/mol. The summed E-state index contributed by atoms with van der Waals surface area (Å²) in [4.78, 5) is 12.8. The van der Waals surface area contributed by atoms with Gasteiger partial charge in [-0.15, -0.1) is 0 Å². The maximum Gasteiger partial charge on any atom is 0.255 e. The first-order valence-electron chi connectivity index (χ1n) is 10.2. The van der Waals surface area contributed by atoms with Crippen LogP contribution in [0.5, 0.6) is 0 Å². The van der Waals surface area contributed by atoms with E-state index < -0.39 is 21.7 Å². The summed E-state index contributed by atoms with van der Waals surface area (Å²) >= 11 is 0. The van der Waals surface area contributed by atoms with Crippen molar-refractivity contribution in [2.75, 3.05) is 11.9 Å². The van der Waals surface area contributed by atoms with Crippen LogP contribution in [0.25, 0.3) is 5.69 Å². The van der Waals surface area contributed by atoms with Crippen molar-refractivity contribution >= 4 is 21.6 Å². The van der Waals surface area contributed by atoms with Crippen LogP contribution in [0.15, 0.2) is 71.9 Å². The molecule has 1 aliphatic heterocycles. The number of nitrogens with one attached hydrogen (secondary N) is 1. The minimum absolute atomic E-state index is 0.0442. The number of carbonyl (C=O) groups excluding carboxylic acids is 1. The molecule has 2 heterocycles. The fourth-order valence-corrected chi connectivity index (χ4v) is 5.51. The summed E-state index contributed by atoms with van der Waals surface area (Å²) in [5.74, 6) is -1.07. The second-order valence-corrected chi connectivity index (χ2v) is 9.58. The highest BCUT2D eigenvalue weighted by Gasteiger charge is 2.30. The van der Waals surface area contributed by atoms with Crippen LogP contribution in [0.2, 0.25) is 0 Å². The number of rotatable bonds is 5. The number of anilines is 1. The molecule has 4 rings (SSSR count). The van der Waals surface area contributed by atoms with E-state index in [4.69, 9.17) is 0 Å². The zero-order valence-corrected chi connectivity index (χ0v) is 18.0. The lowest BCUT2D eigenvalue weighted by molar-refractivity contribution is 0.102. The van der Waals surface area contributed by atoms with Crippen LogP contribution in [0.3, 0.4) is 0 Å². The zero-order chi connectivity index (χ0) is 22.0. The summed E-state index contributed by atoms with van der Waals surface area (Å²) in [6.45, 7) is 2.41. The lowest BCUT2D eigenvalue weighted by Gasteiger charge is -2.32. The molecule has 31 heavy (non-hydrogen) atoms. The molecule has 3 aromatic rings. The van der Waals surface area contributed by atoms with Crippen LogP contribution >= 0.6 is 0 Å². The Balaban J connectivity index is 1.52. The van der Waals surface area contributed by atoms with Crippen LogP contribution in [0.4, 0.5) is 10.1 Å². The summed E-state index contributed by atoms with van der Waals surface area (Å²) in [5, 5.41) is 2.57. The lowest BCUT2D eigenvalue weighted by atomic mass is 10.1. The zero-order valence-electron chi connectivity index (χ0n) is 17.2. The van der Waals surface area contributed by atoms with Gasteiger partial charge in [0.1, 0.15) is 5.82 Å². The van der Waals surface area contributed by atoms with Gasteiger partial charge < -0.3 is 9.88 Å². The van der Waals surface area contributed by atoms with E-state index in [1.807, 2.05) is 31.5 Å². The monoisotopic (exact) mass is 441 g/mol. The summed E-state index contributed by atoms with van der Waals surface area (Å²) < 4.78 is 43.4. The number of benzene rings is 2. The molecule has 162 valence electrons. The van der Waals surface area contributed by atoms with Crippen LogP contribution in [0.1, 0.15) is 36.5 Å². The second-order valence-electron chi connectivity index (χ2n) is 7.69. The number of sulfonamides is 1. The Morgan fingerprint density at radius 2 is 1.77 bits per heavy atom. The lowest BCUT2D eigenvalue weighted by Crippen LogP contribution is -2.41. The molecule has 8 heteroatoms. The van der Waals surface area contributed by atoms with Gasteiger partial charge >= 0.3 is 0 Å². The molecule has 0 radical (unpaired) electrons. The third kappa shape index (κ3) is 4.40. The fraction of sp³-hybridized carbons (Fsp3) is 0.261. The van der Waals surface area contributed by atoms with E-state index in [-0.39, 0.29) is 22.2 Å². The first-order valence-corrected chi connectivity index (χ1v) is 11.7. The van der Waals surface area contributed by atoms with Crippen molar-refractivity contribution in [3.63, 3.8) is 0 Å². The number of aromatic nitrogens is 1. The molecule has 1 amide bonds. The Morgan fingerprint density at radius 3 is 2.45 bits per heavy atom. The molecule has 1 unspecified atom stereocenters. The highest BCUT2D eigenvalue weighted by molar-refractivity contribution is 7.89. The van der Waals surface area contributed by atoms with E-state index in [0.717, 1.165) is 19.3 Å². The number of nitrogens with zero attached hydrogens (tertiary/aromatic N) is 2. The maximum atomic E-state index is 14.2. The van der Waals surface area contributed by atoms with Crippen molar-refractivity contribution in [3.05, 3.63) is 78.4 Å². The molecule has 2 aromatic carbocycles. The van der Waals surface area contributed by atoms with Crippen LogP contribution < -0.4 is 5.32 Å². The first-order chi connectivity index (χ1) is 14.9. The number of hydrogen-bond acceptors (Lipinski definition) is 3. The summed E-state index contributed by atoms with van der Waals surface area (Å²) in [5.41, 5.74) is 1.00. The highest BCUT2D eigenvalue weighted by atomic mass is 32.2. The van der Waals surface area contributed by atoms with Gasteiger partial charge in [0.15, 0.2) is 0 Å². The van der Waals surface area contributed by atoms with Gasteiger partial charge in [0.25, 0.3) is 5.91 Å². The van der Waals surface area contributed by atoms with Gasteiger partial charge in [-0.1, -0.05) is 6.42 Å². The Labute approximate surface area is 181 Å². The van der Waals surface area contributed by atoms with Gasteiger partial charge in [0.05, 0.1) is 10.6 Å². The minimum Gasteiger partial charge on any atom is -0.324 e. The first kappa shape index (κ1) is 21.3. The molecule has 1 fully saturated rings. The Morgan fingerprint density at radius 1 is 1.06 bits per heavy atom. The molecule has 1 atom stereocenters. The molecule has 0 bridgehead atoms. The second kappa shape index (κ2) is 8.64. The predicted octanol–water partition coefficient (Wildman–Crippen LogP) is 4.43. The molecular weight excluding hydrogens is 417 g/mol. The van der Waals surface area contributed by atoms with Crippen molar-refractivity contribution in [3.8, 4) is 5.69 Å². The van der Waals surface area contributed by atoms with Crippen molar-refractivity contribution < 1.29 is 17.6 Å². The molecule has 1 aromatic heterocycles. The Kier molecular flexibility index (Phi) is 5.93. The molecule has 1 N–H and O–H groups in total. The van der Waals surface area contributed by atoms with Crippen LogP contribution in [-0.4, -0.2) is 35.8 Å². The molecule has 0 spiro atoms. The predicted molar refractivity (Wildman–Crippen MR) is 117 cm³/mol. The third-order valence-corrected chi connectivity index (χ3v) is 7.59. The number of piperidine rings is 1. The van der Waals surface area contributed by atoms with E-state index in [9.17, 15) is 17.6 Å². The van der Waals surface area contributed by atoms with Gasteiger partial charge in [-0.3, -0.25) is 4.79 Å². The van der Waals surface area contributed by atoms with Gasteiger partial charge in [-0.2, -0.15) is 4.31 Å². The fourth-order valence-electron chi connectivity index (χ4n) is 3.81. The minimum atomic E-state index is -3.61. The molecule has 0 aliphatic carbocycles. The smallest absolute Gasteiger partial charge is 0.255 e. The topological polar surface area (TPSA) is 71.4 Å². The van der Waals surface area contributed by atoms with Gasteiger partial charge in [0.2, 0.25) is 10.0 Å². The normalized spacial score (nSPS) is 17.4. The summed E-state index contributed by atoms with van der Waals surface area (Å²) in [6.07, 6.45) is 6.35. The number of amides is 1. The van der Waals surface area contributed by atoms with Crippen molar-refractivity contribution in [1.82, 2.24) is 8.87 Å². The standard InChI is InChI=1S/C23H24FN3O3S/c1-17-6-2-3-15-27(17)31(29,30)20-10-7-18(8-11-20)23(28)25-22-16-19(9-12-21(22)24)26-13-4-5-14-26/h4-5,7-14,16-17H,2-3,6,15H2,1H3,(H,25,28). The molecular formula is C23H24FN3O3S. The largest absolute Gasteiger partial charge is 0.324 e. The summed E-state index contributed by atoms with van der Waals surface area (Å²) in [7, 11) is -3.61. The van der Waals surface area contributed by atoms with Gasteiger partial charge in [-0.25, -0.2) is 12.8 Å². The Bertz CT molecular complexity index is 1180. The van der Waals surface area contributed by atoms with E-state index in [2.05, 4.69) is 5.32 Å². The number of carbonyl (C=O) groups is 1. The molecule has 1 saturated heterocycles. The van der Waals surface area contributed by atoms with E-state index in [1.165, 1.54) is 34.6 Å². The van der Waals surface area contributed by atoms with E-state index in [0.29, 0.717) is 12.2 Å². The molecule has 6 nitrogen and oxygen atoms in total. The van der Waals surface area contributed by atoms with Crippen LogP contribution in [0, 0.1) is 5.82 Å².